The van der Waals surface area contributed by atoms with E-state index in [1.54, 1.807) is 6.92 Å². The van der Waals surface area contributed by atoms with Gasteiger partial charge in [-0.2, -0.15) is 0 Å². The molecule has 0 fully saturated rings. The van der Waals surface area contributed by atoms with Gasteiger partial charge in [-0.15, -0.1) is 0 Å². The zero-order chi connectivity index (χ0) is 13.5. The van der Waals surface area contributed by atoms with Crippen molar-refractivity contribution in [1.82, 2.24) is 5.32 Å². The summed E-state index contributed by atoms with van der Waals surface area (Å²) in [5.41, 5.74) is 0.915. The topological polar surface area (TPSA) is 66.4 Å². The predicted octanol–water partition coefficient (Wildman–Crippen LogP) is 2.16. The van der Waals surface area contributed by atoms with Gasteiger partial charge in [0.05, 0.1) is 5.92 Å². The van der Waals surface area contributed by atoms with Crippen LogP contribution in [-0.2, 0) is 9.59 Å². The largest absolute Gasteiger partial charge is 0.480 e. The molecule has 0 aliphatic carbocycles. The molecule has 0 aromatic heterocycles. The number of benzene rings is 1. The van der Waals surface area contributed by atoms with Crippen LogP contribution in [0.15, 0.2) is 30.3 Å². The van der Waals surface area contributed by atoms with Gasteiger partial charge in [-0.1, -0.05) is 44.2 Å². The molecular formula is C14H19NO3. The quantitative estimate of drug-likeness (QED) is 0.812. The summed E-state index contributed by atoms with van der Waals surface area (Å²) in [5, 5.41) is 11.5. The van der Waals surface area contributed by atoms with E-state index in [1.807, 2.05) is 37.3 Å². The zero-order valence-corrected chi connectivity index (χ0v) is 10.7. The fourth-order valence-electron chi connectivity index (χ4n) is 1.87. The van der Waals surface area contributed by atoms with Crippen molar-refractivity contribution in [3.05, 3.63) is 35.9 Å². The van der Waals surface area contributed by atoms with Crippen LogP contribution in [0.3, 0.4) is 0 Å². The van der Waals surface area contributed by atoms with Crippen LogP contribution >= 0.6 is 0 Å². The molecule has 1 aromatic carbocycles. The zero-order valence-electron chi connectivity index (χ0n) is 10.7. The summed E-state index contributed by atoms with van der Waals surface area (Å²) in [4.78, 5) is 23.0. The van der Waals surface area contributed by atoms with Crippen LogP contribution in [0.1, 0.15) is 38.2 Å². The van der Waals surface area contributed by atoms with Gasteiger partial charge in [0.1, 0.15) is 6.04 Å². The molecule has 2 unspecified atom stereocenters. The van der Waals surface area contributed by atoms with Crippen molar-refractivity contribution in [2.45, 2.75) is 38.6 Å². The molecule has 2 N–H and O–H groups in total. The molecule has 0 aliphatic rings. The first-order valence-corrected chi connectivity index (χ1v) is 6.18. The second-order valence-corrected chi connectivity index (χ2v) is 4.18. The second-order valence-electron chi connectivity index (χ2n) is 4.18. The molecule has 1 amide bonds. The van der Waals surface area contributed by atoms with Gasteiger partial charge in [0.15, 0.2) is 0 Å². The third-order valence-corrected chi connectivity index (χ3v) is 2.95. The third kappa shape index (κ3) is 3.58. The fourth-order valence-corrected chi connectivity index (χ4v) is 1.87. The maximum absolute atomic E-state index is 12.1. The SMILES string of the molecule is CCC(NC(=O)C(CC)c1ccccc1)C(=O)O. The summed E-state index contributed by atoms with van der Waals surface area (Å²) in [7, 11) is 0. The number of carbonyl (C=O) groups excluding carboxylic acids is 1. The van der Waals surface area contributed by atoms with Crippen molar-refractivity contribution < 1.29 is 14.7 Å². The fraction of sp³-hybridized carbons (Fsp3) is 0.429. The average Bonchev–Trinajstić information content (AvgIpc) is 2.37. The lowest BCUT2D eigenvalue weighted by molar-refractivity contribution is -0.142. The standard InChI is InChI=1S/C14H19NO3/c1-3-11(10-8-6-5-7-9-10)13(16)15-12(4-2)14(17)18/h5-9,11-12H,3-4H2,1-2H3,(H,15,16)(H,17,18). The minimum absolute atomic E-state index is 0.224. The Bertz CT molecular complexity index is 403. The average molecular weight is 249 g/mol. The van der Waals surface area contributed by atoms with Crippen molar-refractivity contribution in [1.29, 1.82) is 0 Å². The summed E-state index contributed by atoms with van der Waals surface area (Å²) in [6.45, 7) is 3.65. The molecular weight excluding hydrogens is 230 g/mol. The van der Waals surface area contributed by atoms with Gasteiger partial charge in [-0.05, 0) is 18.4 Å². The van der Waals surface area contributed by atoms with Crippen molar-refractivity contribution in [2.24, 2.45) is 0 Å². The number of aliphatic carboxylic acids is 1. The first kappa shape index (κ1) is 14.2. The highest BCUT2D eigenvalue weighted by Gasteiger charge is 2.23. The number of hydrogen-bond donors (Lipinski definition) is 2. The van der Waals surface area contributed by atoms with E-state index in [0.29, 0.717) is 12.8 Å². The van der Waals surface area contributed by atoms with Gasteiger partial charge < -0.3 is 10.4 Å². The smallest absolute Gasteiger partial charge is 0.326 e. The minimum atomic E-state index is -0.992. The molecule has 18 heavy (non-hydrogen) atoms. The van der Waals surface area contributed by atoms with Crippen molar-refractivity contribution >= 4 is 11.9 Å². The van der Waals surface area contributed by atoms with E-state index in [2.05, 4.69) is 5.32 Å². The van der Waals surface area contributed by atoms with Crippen LogP contribution in [-0.4, -0.2) is 23.0 Å². The molecule has 2 atom stereocenters. The molecule has 0 aliphatic heterocycles. The highest BCUT2D eigenvalue weighted by atomic mass is 16.4. The number of amides is 1. The van der Waals surface area contributed by atoms with Crippen LogP contribution in [0.2, 0.25) is 0 Å². The second kappa shape index (κ2) is 6.79. The van der Waals surface area contributed by atoms with E-state index >= 15 is 0 Å². The van der Waals surface area contributed by atoms with Crippen molar-refractivity contribution in [2.75, 3.05) is 0 Å². The Morgan fingerprint density at radius 1 is 1.17 bits per heavy atom. The van der Waals surface area contributed by atoms with Gasteiger partial charge >= 0.3 is 5.97 Å². The van der Waals surface area contributed by atoms with Crippen LogP contribution in [0.4, 0.5) is 0 Å². The number of rotatable bonds is 6. The lowest BCUT2D eigenvalue weighted by Crippen LogP contribution is -2.42. The van der Waals surface area contributed by atoms with E-state index in [0.717, 1.165) is 5.56 Å². The molecule has 4 nitrogen and oxygen atoms in total. The van der Waals surface area contributed by atoms with E-state index in [-0.39, 0.29) is 11.8 Å². The molecule has 0 bridgehead atoms. The van der Waals surface area contributed by atoms with Crippen LogP contribution in [0, 0.1) is 0 Å². The maximum atomic E-state index is 12.1. The first-order chi connectivity index (χ1) is 8.60. The molecule has 0 heterocycles. The Morgan fingerprint density at radius 2 is 1.78 bits per heavy atom. The van der Waals surface area contributed by atoms with Crippen LogP contribution < -0.4 is 5.32 Å². The molecule has 0 saturated carbocycles. The van der Waals surface area contributed by atoms with Gasteiger partial charge in [0.2, 0.25) is 5.91 Å². The summed E-state index contributed by atoms with van der Waals surface area (Å²) < 4.78 is 0. The van der Waals surface area contributed by atoms with E-state index < -0.39 is 12.0 Å². The summed E-state index contributed by atoms with van der Waals surface area (Å²) >= 11 is 0. The van der Waals surface area contributed by atoms with Crippen LogP contribution in [0.5, 0.6) is 0 Å². The molecule has 98 valence electrons. The van der Waals surface area contributed by atoms with Gasteiger partial charge in [-0.25, -0.2) is 4.79 Å². The number of nitrogens with one attached hydrogen (secondary N) is 1. The Labute approximate surface area is 107 Å². The van der Waals surface area contributed by atoms with Gasteiger partial charge in [0, 0.05) is 0 Å². The number of carboxylic acid groups (broad SMARTS) is 1. The highest BCUT2D eigenvalue weighted by molar-refractivity contribution is 5.88. The van der Waals surface area contributed by atoms with Gasteiger partial charge in [-0.3, -0.25) is 4.79 Å². The Morgan fingerprint density at radius 3 is 2.22 bits per heavy atom. The van der Waals surface area contributed by atoms with E-state index in [1.165, 1.54) is 0 Å². The summed E-state index contributed by atoms with van der Waals surface area (Å²) in [6.07, 6.45) is 1.03. The molecule has 1 rings (SSSR count). The highest BCUT2D eigenvalue weighted by Crippen LogP contribution is 2.19. The number of hydrogen-bond acceptors (Lipinski definition) is 2. The van der Waals surface area contributed by atoms with E-state index in [9.17, 15) is 9.59 Å². The van der Waals surface area contributed by atoms with Crippen LogP contribution in [0.25, 0.3) is 0 Å². The van der Waals surface area contributed by atoms with Crippen molar-refractivity contribution in [3.63, 3.8) is 0 Å². The lowest BCUT2D eigenvalue weighted by Gasteiger charge is -2.18. The molecule has 0 saturated heterocycles. The molecule has 0 radical (unpaired) electrons. The lowest BCUT2D eigenvalue weighted by atomic mass is 9.95. The normalized spacial score (nSPS) is 13.7. The summed E-state index contributed by atoms with van der Waals surface area (Å²) in [5.74, 6) is -1.51. The number of carbonyl (C=O) groups is 2. The monoisotopic (exact) mass is 249 g/mol. The Hall–Kier alpha value is -1.84. The third-order valence-electron chi connectivity index (χ3n) is 2.95. The Balaban J connectivity index is 2.78. The summed E-state index contributed by atoms with van der Waals surface area (Å²) in [6, 6.07) is 8.60. The minimum Gasteiger partial charge on any atom is -0.480 e. The molecule has 1 aromatic rings. The number of carboxylic acids is 1. The Kier molecular flexibility index (Phi) is 5.36. The first-order valence-electron chi connectivity index (χ1n) is 6.18. The molecule has 4 heteroatoms. The van der Waals surface area contributed by atoms with Crippen molar-refractivity contribution in [3.8, 4) is 0 Å². The van der Waals surface area contributed by atoms with E-state index in [4.69, 9.17) is 5.11 Å². The predicted molar refractivity (Wildman–Crippen MR) is 69.3 cm³/mol. The maximum Gasteiger partial charge on any atom is 0.326 e. The van der Waals surface area contributed by atoms with Gasteiger partial charge in [0.25, 0.3) is 0 Å². The molecule has 0 spiro atoms.